The largest absolute Gasteiger partial charge is 0.330 e. The van der Waals surface area contributed by atoms with Crippen LogP contribution in [0.3, 0.4) is 0 Å². The van der Waals surface area contributed by atoms with E-state index in [4.69, 9.17) is 5.73 Å². The van der Waals surface area contributed by atoms with Crippen LogP contribution >= 0.6 is 0 Å². The third-order valence-corrected chi connectivity index (χ3v) is 2.03. The summed E-state index contributed by atoms with van der Waals surface area (Å²) in [6, 6.07) is 0. The van der Waals surface area contributed by atoms with Crippen LogP contribution in [0.4, 0.5) is 0 Å². The van der Waals surface area contributed by atoms with E-state index in [0.29, 0.717) is 0 Å². The molecule has 11 heavy (non-hydrogen) atoms. The number of hydrogen-bond acceptors (Lipinski definition) is 2. The SMILES string of the molecule is CC.NCCC1CCNCC1. The van der Waals surface area contributed by atoms with Crippen molar-refractivity contribution in [2.24, 2.45) is 11.7 Å². The predicted octanol–water partition coefficient (Wildman–Crippen LogP) is 1.36. The lowest BCUT2D eigenvalue weighted by Gasteiger charge is -2.21. The van der Waals surface area contributed by atoms with Gasteiger partial charge >= 0.3 is 0 Å². The lowest BCUT2D eigenvalue weighted by atomic mass is 9.95. The highest BCUT2D eigenvalue weighted by Crippen LogP contribution is 2.13. The maximum atomic E-state index is 5.44. The van der Waals surface area contributed by atoms with Crippen molar-refractivity contribution in [1.82, 2.24) is 5.32 Å². The van der Waals surface area contributed by atoms with E-state index in [0.717, 1.165) is 12.5 Å². The topological polar surface area (TPSA) is 38.0 Å². The molecule has 1 aliphatic heterocycles. The zero-order valence-corrected chi connectivity index (χ0v) is 7.90. The van der Waals surface area contributed by atoms with Crippen LogP contribution in [-0.2, 0) is 0 Å². The Labute approximate surface area is 70.5 Å². The van der Waals surface area contributed by atoms with Crippen LogP contribution in [-0.4, -0.2) is 19.6 Å². The summed E-state index contributed by atoms with van der Waals surface area (Å²) in [4.78, 5) is 0. The van der Waals surface area contributed by atoms with Crippen LogP contribution in [0.2, 0.25) is 0 Å². The van der Waals surface area contributed by atoms with Crippen LogP contribution in [0.25, 0.3) is 0 Å². The first-order chi connectivity index (χ1) is 5.43. The Morgan fingerprint density at radius 3 is 2.27 bits per heavy atom. The molecule has 2 heteroatoms. The van der Waals surface area contributed by atoms with E-state index in [1.165, 1.54) is 32.4 Å². The number of rotatable bonds is 2. The Bertz CT molecular complexity index is 65.2. The normalized spacial score (nSPS) is 18.8. The summed E-state index contributed by atoms with van der Waals surface area (Å²) in [5.41, 5.74) is 5.44. The van der Waals surface area contributed by atoms with E-state index in [-0.39, 0.29) is 0 Å². The predicted molar refractivity (Wildman–Crippen MR) is 50.6 cm³/mol. The highest BCUT2D eigenvalue weighted by molar-refractivity contribution is 4.68. The van der Waals surface area contributed by atoms with Gasteiger partial charge < -0.3 is 11.1 Å². The summed E-state index contributed by atoms with van der Waals surface area (Å²) >= 11 is 0. The van der Waals surface area contributed by atoms with Gasteiger partial charge in [0.15, 0.2) is 0 Å². The van der Waals surface area contributed by atoms with Crippen molar-refractivity contribution in [2.45, 2.75) is 33.1 Å². The van der Waals surface area contributed by atoms with E-state index in [2.05, 4.69) is 5.32 Å². The molecule has 0 aliphatic carbocycles. The van der Waals surface area contributed by atoms with Gasteiger partial charge in [-0.2, -0.15) is 0 Å². The van der Waals surface area contributed by atoms with Gasteiger partial charge in [-0.1, -0.05) is 13.8 Å². The Morgan fingerprint density at radius 2 is 1.82 bits per heavy atom. The van der Waals surface area contributed by atoms with Crippen molar-refractivity contribution in [3.63, 3.8) is 0 Å². The van der Waals surface area contributed by atoms with Gasteiger partial charge in [-0.05, 0) is 44.8 Å². The molecular formula is C9H22N2. The summed E-state index contributed by atoms with van der Waals surface area (Å²) in [5, 5.41) is 3.33. The quantitative estimate of drug-likeness (QED) is 0.637. The molecule has 2 nitrogen and oxygen atoms in total. The molecular weight excluding hydrogens is 136 g/mol. The van der Waals surface area contributed by atoms with Crippen LogP contribution in [0.15, 0.2) is 0 Å². The Morgan fingerprint density at radius 1 is 1.27 bits per heavy atom. The van der Waals surface area contributed by atoms with Crippen molar-refractivity contribution in [3.05, 3.63) is 0 Å². The van der Waals surface area contributed by atoms with E-state index >= 15 is 0 Å². The van der Waals surface area contributed by atoms with Crippen LogP contribution < -0.4 is 11.1 Å². The maximum absolute atomic E-state index is 5.44. The second kappa shape index (κ2) is 8.02. The Kier molecular flexibility index (Phi) is 7.96. The van der Waals surface area contributed by atoms with Gasteiger partial charge in [-0.15, -0.1) is 0 Å². The lowest BCUT2D eigenvalue weighted by molar-refractivity contribution is 0.358. The highest BCUT2D eigenvalue weighted by atomic mass is 14.9. The van der Waals surface area contributed by atoms with E-state index < -0.39 is 0 Å². The number of piperidine rings is 1. The zero-order valence-electron chi connectivity index (χ0n) is 7.90. The first-order valence-electron chi connectivity index (χ1n) is 4.84. The van der Waals surface area contributed by atoms with Crippen molar-refractivity contribution in [2.75, 3.05) is 19.6 Å². The molecule has 1 heterocycles. The summed E-state index contributed by atoms with van der Waals surface area (Å²) in [5.74, 6) is 0.913. The Balaban J connectivity index is 0.000000461. The second-order valence-electron chi connectivity index (χ2n) is 2.77. The first kappa shape index (κ1) is 10.9. The fourth-order valence-corrected chi connectivity index (χ4v) is 1.41. The van der Waals surface area contributed by atoms with Crippen LogP contribution in [0.5, 0.6) is 0 Å². The minimum absolute atomic E-state index is 0.866. The molecule has 1 rings (SSSR count). The smallest absolute Gasteiger partial charge is 0.00463 e. The molecule has 0 atom stereocenters. The molecule has 0 bridgehead atoms. The average molecular weight is 158 g/mol. The molecule has 0 unspecified atom stereocenters. The van der Waals surface area contributed by atoms with Crippen molar-refractivity contribution in [3.8, 4) is 0 Å². The van der Waals surface area contributed by atoms with Gasteiger partial charge in [0, 0.05) is 0 Å². The molecule has 0 aromatic carbocycles. The van der Waals surface area contributed by atoms with Gasteiger partial charge in [0.25, 0.3) is 0 Å². The van der Waals surface area contributed by atoms with Gasteiger partial charge in [0.1, 0.15) is 0 Å². The summed E-state index contributed by atoms with van der Waals surface area (Å²) in [7, 11) is 0. The Hall–Kier alpha value is -0.0800. The molecule has 0 aromatic heterocycles. The summed E-state index contributed by atoms with van der Waals surface area (Å²) < 4.78 is 0. The van der Waals surface area contributed by atoms with Crippen molar-refractivity contribution in [1.29, 1.82) is 0 Å². The number of nitrogens with two attached hydrogens (primary N) is 1. The molecule has 0 saturated carbocycles. The van der Waals surface area contributed by atoms with E-state index in [1.54, 1.807) is 0 Å². The monoisotopic (exact) mass is 158 g/mol. The minimum atomic E-state index is 0.866. The third kappa shape index (κ3) is 5.22. The second-order valence-corrected chi connectivity index (χ2v) is 2.77. The first-order valence-corrected chi connectivity index (χ1v) is 4.84. The molecule has 0 radical (unpaired) electrons. The lowest BCUT2D eigenvalue weighted by Crippen LogP contribution is -2.28. The third-order valence-electron chi connectivity index (χ3n) is 2.03. The summed E-state index contributed by atoms with van der Waals surface area (Å²) in [6.07, 6.45) is 3.88. The molecule has 68 valence electrons. The van der Waals surface area contributed by atoms with Gasteiger partial charge in [-0.25, -0.2) is 0 Å². The van der Waals surface area contributed by atoms with E-state index in [1.807, 2.05) is 13.8 Å². The zero-order chi connectivity index (χ0) is 8.53. The van der Waals surface area contributed by atoms with Crippen molar-refractivity contribution >= 4 is 0 Å². The number of hydrogen-bond donors (Lipinski definition) is 2. The highest BCUT2D eigenvalue weighted by Gasteiger charge is 2.10. The molecule has 1 fully saturated rings. The van der Waals surface area contributed by atoms with Gasteiger partial charge in [0.05, 0.1) is 0 Å². The standard InChI is InChI=1S/C7H16N2.C2H6/c8-4-1-7-2-5-9-6-3-7;1-2/h7,9H,1-6,8H2;1-2H3. The van der Waals surface area contributed by atoms with Gasteiger partial charge in [0.2, 0.25) is 0 Å². The van der Waals surface area contributed by atoms with Gasteiger partial charge in [-0.3, -0.25) is 0 Å². The van der Waals surface area contributed by atoms with Crippen LogP contribution in [0, 0.1) is 5.92 Å². The molecule has 3 N–H and O–H groups in total. The van der Waals surface area contributed by atoms with Crippen molar-refractivity contribution < 1.29 is 0 Å². The number of nitrogens with one attached hydrogen (secondary N) is 1. The van der Waals surface area contributed by atoms with E-state index in [9.17, 15) is 0 Å². The fourth-order valence-electron chi connectivity index (χ4n) is 1.41. The van der Waals surface area contributed by atoms with Crippen LogP contribution in [0.1, 0.15) is 33.1 Å². The molecule has 0 aromatic rings. The molecule has 1 saturated heterocycles. The fraction of sp³-hybridized carbons (Fsp3) is 1.00. The average Bonchev–Trinajstić information content (AvgIpc) is 2.11. The molecule has 1 aliphatic rings. The maximum Gasteiger partial charge on any atom is -0.00463 e. The molecule has 0 amide bonds. The molecule has 0 spiro atoms. The summed E-state index contributed by atoms with van der Waals surface area (Å²) in [6.45, 7) is 7.26. The minimum Gasteiger partial charge on any atom is -0.330 e.